The lowest BCUT2D eigenvalue weighted by molar-refractivity contribution is -0.118. The lowest BCUT2D eigenvalue weighted by Gasteiger charge is -2.04. The second-order valence-corrected chi connectivity index (χ2v) is 3.90. The van der Waals surface area contributed by atoms with Crippen molar-refractivity contribution in [2.75, 3.05) is 5.75 Å². The molecule has 2 nitrogen and oxygen atoms in total. The molecular formula is C9H9Cl2NOS. The molecule has 0 heterocycles. The highest BCUT2D eigenvalue weighted by atomic mass is 35.5. The minimum atomic E-state index is -0.121. The molecule has 0 fully saturated rings. The van der Waals surface area contributed by atoms with Gasteiger partial charge in [0.15, 0.2) is 0 Å². The second kappa shape index (κ2) is 5.49. The number of rotatable bonds is 3. The molecule has 0 saturated heterocycles. The summed E-state index contributed by atoms with van der Waals surface area (Å²) < 4.78 is 0. The SMILES string of the molecule is O=C(CS)NCc1cc(Cl)cc(Cl)c1. The van der Waals surface area contributed by atoms with Crippen molar-refractivity contribution in [3.63, 3.8) is 0 Å². The van der Waals surface area contributed by atoms with Gasteiger partial charge in [-0.05, 0) is 23.8 Å². The minimum Gasteiger partial charge on any atom is -0.351 e. The zero-order valence-corrected chi connectivity index (χ0v) is 9.66. The topological polar surface area (TPSA) is 29.1 Å². The van der Waals surface area contributed by atoms with E-state index in [9.17, 15) is 4.79 Å². The number of carbonyl (C=O) groups is 1. The van der Waals surface area contributed by atoms with Gasteiger partial charge in [-0.15, -0.1) is 0 Å². The Balaban J connectivity index is 2.63. The Labute approximate surface area is 98.0 Å². The summed E-state index contributed by atoms with van der Waals surface area (Å²) in [4.78, 5) is 10.9. The molecule has 0 spiro atoms. The molecule has 0 aliphatic heterocycles. The van der Waals surface area contributed by atoms with E-state index < -0.39 is 0 Å². The van der Waals surface area contributed by atoms with Crippen LogP contribution >= 0.6 is 35.8 Å². The maximum atomic E-state index is 10.9. The molecule has 1 aromatic rings. The van der Waals surface area contributed by atoms with Crippen LogP contribution in [0.15, 0.2) is 18.2 Å². The fourth-order valence-corrected chi connectivity index (χ4v) is 1.65. The summed E-state index contributed by atoms with van der Waals surface area (Å²) in [6.45, 7) is 0.416. The number of benzene rings is 1. The van der Waals surface area contributed by atoms with Crippen molar-refractivity contribution in [3.8, 4) is 0 Å². The molecule has 0 aliphatic rings. The average Bonchev–Trinajstić information content (AvgIpc) is 2.12. The first-order chi connectivity index (χ1) is 6.61. The molecule has 0 aliphatic carbocycles. The molecule has 1 rings (SSSR count). The molecule has 76 valence electrons. The standard InChI is InChI=1S/C9H9Cl2NOS/c10-7-1-6(2-8(11)3-7)4-12-9(13)5-14/h1-3,14H,4-5H2,(H,12,13). The maximum Gasteiger partial charge on any atom is 0.229 e. The van der Waals surface area contributed by atoms with Gasteiger partial charge in [-0.2, -0.15) is 12.6 Å². The van der Waals surface area contributed by atoms with Crippen molar-refractivity contribution >= 4 is 41.7 Å². The van der Waals surface area contributed by atoms with E-state index in [0.717, 1.165) is 5.56 Å². The minimum absolute atomic E-state index is 0.121. The van der Waals surface area contributed by atoms with Crippen LogP contribution in [-0.2, 0) is 11.3 Å². The van der Waals surface area contributed by atoms with Crippen molar-refractivity contribution < 1.29 is 4.79 Å². The maximum absolute atomic E-state index is 10.9. The summed E-state index contributed by atoms with van der Waals surface area (Å²) in [6, 6.07) is 5.16. The highest BCUT2D eigenvalue weighted by molar-refractivity contribution is 7.81. The van der Waals surface area contributed by atoms with Gasteiger partial charge in [-0.3, -0.25) is 4.79 Å². The van der Waals surface area contributed by atoms with Crippen LogP contribution in [0.1, 0.15) is 5.56 Å². The molecule has 1 aromatic carbocycles. The molecule has 0 unspecified atom stereocenters. The predicted octanol–water partition coefficient (Wildman–Crippen LogP) is 2.54. The van der Waals surface area contributed by atoms with Crippen molar-refractivity contribution in [1.29, 1.82) is 0 Å². The first-order valence-corrected chi connectivity index (χ1v) is 5.33. The third-order valence-electron chi connectivity index (χ3n) is 1.56. The number of halogens is 2. The van der Waals surface area contributed by atoms with E-state index in [2.05, 4.69) is 17.9 Å². The van der Waals surface area contributed by atoms with Crippen LogP contribution in [0, 0.1) is 0 Å². The number of carbonyl (C=O) groups excluding carboxylic acids is 1. The van der Waals surface area contributed by atoms with Gasteiger partial charge in [0.05, 0.1) is 5.75 Å². The first-order valence-electron chi connectivity index (χ1n) is 3.94. The van der Waals surface area contributed by atoms with Gasteiger partial charge < -0.3 is 5.32 Å². The Morgan fingerprint density at radius 1 is 1.29 bits per heavy atom. The van der Waals surface area contributed by atoms with Crippen LogP contribution in [0.3, 0.4) is 0 Å². The van der Waals surface area contributed by atoms with E-state index in [-0.39, 0.29) is 11.7 Å². The van der Waals surface area contributed by atoms with Crippen LogP contribution in [-0.4, -0.2) is 11.7 Å². The van der Waals surface area contributed by atoms with Crippen LogP contribution in [0.2, 0.25) is 10.0 Å². The molecule has 0 saturated carbocycles. The molecular weight excluding hydrogens is 241 g/mol. The highest BCUT2D eigenvalue weighted by Gasteiger charge is 2.00. The van der Waals surface area contributed by atoms with E-state index in [4.69, 9.17) is 23.2 Å². The van der Waals surface area contributed by atoms with Gasteiger partial charge in [-0.1, -0.05) is 23.2 Å². The van der Waals surface area contributed by atoms with Gasteiger partial charge in [0.1, 0.15) is 0 Å². The van der Waals surface area contributed by atoms with Gasteiger partial charge >= 0.3 is 0 Å². The number of nitrogens with one attached hydrogen (secondary N) is 1. The summed E-state index contributed by atoms with van der Waals surface area (Å²) in [7, 11) is 0. The average molecular weight is 250 g/mol. The molecule has 1 amide bonds. The molecule has 5 heteroatoms. The van der Waals surface area contributed by atoms with E-state index in [1.807, 2.05) is 0 Å². The van der Waals surface area contributed by atoms with Crippen molar-refractivity contribution in [2.45, 2.75) is 6.54 Å². The van der Waals surface area contributed by atoms with E-state index in [0.29, 0.717) is 16.6 Å². The predicted molar refractivity (Wildman–Crippen MR) is 62.2 cm³/mol. The highest BCUT2D eigenvalue weighted by Crippen LogP contribution is 2.18. The number of hydrogen-bond acceptors (Lipinski definition) is 2. The Morgan fingerprint density at radius 2 is 1.86 bits per heavy atom. The third kappa shape index (κ3) is 3.78. The third-order valence-corrected chi connectivity index (χ3v) is 2.28. The van der Waals surface area contributed by atoms with Crippen LogP contribution in [0.4, 0.5) is 0 Å². The monoisotopic (exact) mass is 249 g/mol. The summed E-state index contributed by atoms with van der Waals surface area (Å²) in [6.07, 6.45) is 0. The Morgan fingerprint density at radius 3 is 2.36 bits per heavy atom. The molecule has 0 aromatic heterocycles. The fraction of sp³-hybridized carbons (Fsp3) is 0.222. The fourth-order valence-electron chi connectivity index (χ4n) is 0.970. The van der Waals surface area contributed by atoms with Crippen molar-refractivity contribution in [2.24, 2.45) is 0 Å². The summed E-state index contributed by atoms with van der Waals surface area (Å²) >= 11 is 15.4. The quantitative estimate of drug-likeness (QED) is 0.793. The normalized spacial score (nSPS) is 9.93. The number of amides is 1. The zero-order chi connectivity index (χ0) is 10.6. The van der Waals surface area contributed by atoms with E-state index >= 15 is 0 Å². The smallest absolute Gasteiger partial charge is 0.229 e. The molecule has 0 radical (unpaired) electrons. The molecule has 1 N–H and O–H groups in total. The molecule has 14 heavy (non-hydrogen) atoms. The molecule has 0 bridgehead atoms. The lowest BCUT2D eigenvalue weighted by Crippen LogP contribution is -2.23. The van der Waals surface area contributed by atoms with Crippen molar-refractivity contribution in [3.05, 3.63) is 33.8 Å². The zero-order valence-electron chi connectivity index (χ0n) is 7.26. The Bertz CT molecular complexity index is 323. The Hall–Kier alpha value is -0.380. The molecule has 0 atom stereocenters. The second-order valence-electron chi connectivity index (χ2n) is 2.71. The summed E-state index contributed by atoms with van der Waals surface area (Å²) in [5.74, 6) is 0.0540. The number of thiol groups is 1. The summed E-state index contributed by atoms with van der Waals surface area (Å²) in [5.41, 5.74) is 0.873. The first kappa shape index (κ1) is 11.7. The number of hydrogen-bond donors (Lipinski definition) is 2. The van der Waals surface area contributed by atoms with Crippen LogP contribution < -0.4 is 5.32 Å². The van der Waals surface area contributed by atoms with Crippen LogP contribution in [0.25, 0.3) is 0 Å². The van der Waals surface area contributed by atoms with Crippen LogP contribution in [0.5, 0.6) is 0 Å². The largest absolute Gasteiger partial charge is 0.351 e. The Kier molecular flexibility index (Phi) is 4.58. The van der Waals surface area contributed by atoms with Crippen molar-refractivity contribution in [1.82, 2.24) is 5.32 Å². The van der Waals surface area contributed by atoms with Gasteiger partial charge in [-0.25, -0.2) is 0 Å². The lowest BCUT2D eigenvalue weighted by atomic mass is 10.2. The summed E-state index contributed by atoms with van der Waals surface area (Å²) in [5, 5.41) is 3.80. The van der Waals surface area contributed by atoms with Gasteiger partial charge in [0.2, 0.25) is 5.91 Å². The van der Waals surface area contributed by atoms with E-state index in [1.54, 1.807) is 18.2 Å². The van der Waals surface area contributed by atoms with Gasteiger partial charge in [0.25, 0.3) is 0 Å². The van der Waals surface area contributed by atoms with Gasteiger partial charge in [0, 0.05) is 16.6 Å². The van der Waals surface area contributed by atoms with E-state index in [1.165, 1.54) is 0 Å².